The second kappa shape index (κ2) is 18.4. The molecule has 3 rings (SSSR count). The van der Waals surface area contributed by atoms with Crippen LogP contribution in [0.5, 0.6) is 0 Å². The first-order valence-electron chi connectivity index (χ1n) is 15.2. The van der Waals surface area contributed by atoms with E-state index in [9.17, 15) is 9.59 Å². The molecule has 0 spiro atoms. The Bertz CT molecular complexity index is 1050. The van der Waals surface area contributed by atoms with Crippen LogP contribution in [0.2, 0.25) is 0 Å². The summed E-state index contributed by atoms with van der Waals surface area (Å²) in [6.07, 6.45) is 7.31. The maximum Gasteiger partial charge on any atom is 0.412 e. The zero-order valence-corrected chi connectivity index (χ0v) is 25.5. The molecule has 0 saturated carbocycles. The summed E-state index contributed by atoms with van der Waals surface area (Å²) in [5.74, 6) is 0. The lowest BCUT2D eigenvalue weighted by Gasteiger charge is -2.40. The van der Waals surface area contributed by atoms with Gasteiger partial charge in [0, 0.05) is 23.4 Å². The van der Waals surface area contributed by atoms with Crippen molar-refractivity contribution >= 4 is 23.6 Å². The van der Waals surface area contributed by atoms with E-state index in [1.165, 1.54) is 32.8 Å². The number of nitrogens with one attached hydrogen (secondary N) is 2. The molecular weight excluding hydrogens is 536 g/mol. The highest BCUT2D eigenvalue weighted by molar-refractivity contribution is 5.85. The number of methoxy groups -OCH3 is 1. The molecule has 1 aliphatic rings. The number of carbonyl (C=O) groups is 2. The minimum Gasteiger partial charge on any atom is -0.453 e. The maximum absolute atomic E-state index is 12.7. The number of unbranched alkanes of at least 4 members (excludes halogenated alkanes) is 5. The molecule has 1 heterocycles. The van der Waals surface area contributed by atoms with Gasteiger partial charge in [-0.1, -0.05) is 70.2 Å². The van der Waals surface area contributed by atoms with Crippen LogP contribution in [0.3, 0.4) is 0 Å². The zero-order valence-electron chi connectivity index (χ0n) is 25.5. The van der Waals surface area contributed by atoms with E-state index < -0.39 is 18.3 Å². The van der Waals surface area contributed by atoms with Crippen LogP contribution in [0.25, 0.3) is 0 Å². The molecule has 9 nitrogen and oxygen atoms in total. The molecule has 0 aliphatic carbocycles. The van der Waals surface area contributed by atoms with Crippen molar-refractivity contribution in [2.45, 2.75) is 71.3 Å². The second-order valence-electron chi connectivity index (χ2n) is 11.0. The third kappa shape index (κ3) is 12.0. The van der Waals surface area contributed by atoms with Crippen LogP contribution in [-0.4, -0.2) is 65.0 Å². The smallest absolute Gasteiger partial charge is 0.412 e. The fraction of sp³-hybridized carbons (Fsp3) is 0.576. The van der Waals surface area contributed by atoms with Gasteiger partial charge in [0.15, 0.2) is 6.10 Å². The highest BCUT2D eigenvalue weighted by atomic mass is 16.6. The van der Waals surface area contributed by atoms with Crippen molar-refractivity contribution in [2.75, 3.05) is 57.4 Å². The first-order valence-corrected chi connectivity index (χ1v) is 15.2. The molecule has 232 valence electrons. The predicted octanol–water partition coefficient (Wildman–Crippen LogP) is 7.19. The van der Waals surface area contributed by atoms with Crippen molar-refractivity contribution in [3.63, 3.8) is 0 Å². The van der Waals surface area contributed by atoms with Crippen LogP contribution in [-0.2, 0) is 30.1 Å². The fourth-order valence-electron chi connectivity index (χ4n) is 4.62. The lowest BCUT2D eigenvalue weighted by molar-refractivity contribution is -0.157. The Balaban J connectivity index is 1.45. The van der Waals surface area contributed by atoms with Crippen LogP contribution < -0.4 is 10.6 Å². The average Bonchev–Trinajstić information content (AvgIpc) is 2.97. The molecule has 0 bridgehead atoms. The summed E-state index contributed by atoms with van der Waals surface area (Å²) >= 11 is 0. The van der Waals surface area contributed by atoms with Crippen molar-refractivity contribution in [1.82, 2.24) is 0 Å². The number of hydrogen-bond acceptors (Lipinski definition) is 7. The maximum atomic E-state index is 12.7. The minimum absolute atomic E-state index is 0.0654. The minimum atomic E-state index is -0.537. The van der Waals surface area contributed by atoms with Gasteiger partial charge in [0.25, 0.3) is 0 Å². The number of hydrogen-bond donors (Lipinski definition) is 2. The first-order chi connectivity index (χ1) is 20.4. The van der Waals surface area contributed by atoms with Gasteiger partial charge in [0.1, 0.15) is 0 Å². The van der Waals surface area contributed by atoms with Crippen molar-refractivity contribution in [3.8, 4) is 0 Å². The normalized spacial score (nSPS) is 14.5. The van der Waals surface area contributed by atoms with Crippen LogP contribution in [0.15, 0.2) is 48.5 Å². The van der Waals surface area contributed by atoms with E-state index in [0.29, 0.717) is 50.8 Å². The molecule has 2 aromatic rings. The summed E-state index contributed by atoms with van der Waals surface area (Å²) in [7, 11) is 1.33. The Kier molecular flexibility index (Phi) is 14.6. The van der Waals surface area contributed by atoms with Gasteiger partial charge in [-0.3, -0.25) is 10.6 Å². The van der Waals surface area contributed by atoms with E-state index >= 15 is 0 Å². The van der Waals surface area contributed by atoms with Crippen LogP contribution in [0.4, 0.5) is 21.0 Å². The topological polar surface area (TPSA) is 104 Å². The zero-order chi connectivity index (χ0) is 30.0. The van der Waals surface area contributed by atoms with Gasteiger partial charge in [-0.05, 0) is 54.7 Å². The molecular formula is C33H48N2O7. The van der Waals surface area contributed by atoms with E-state index in [1.54, 1.807) is 0 Å². The predicted molar refractivity (Wildman–Crippen MR) is 164 cm³/mol. The lowest BCUT2D eigenvalue weighted by Crippen LogP contribution is -2.46. The van der Waals surface area contributed by atoms with Gasteiger partial charge in [-0.2, -0.15) is 0 Å². The largest absolute Gasteiger partial charge is 0.453 e. The van der Waals surface area contributed by atoms with E-state index in [4.69, 9.17) is 18.9 Å². The number of rotatable bonds is 19. The second-order valence-corrected chi connectivity index (χ2v) is 11.0. The van der Waals surface area contributed by atoms with Crippen molar-refractivity contribution in [3.05, 3.63) is 59.7 Å². The van der Waals surface area contributed by atoms with Crippen LogP contribution in [0.1, 0.15) is 69.9 Å². The van der Waals surface area contributed by atoms with Crippen molar-refractivity contribution in [1.29, 1.82) is 0 Å². The number of benzene rings is 2. The SMILES string of the molecule is CCCCCCCCOCC(COCC1(CC)COC1)OC(=O)Nc1ccc(Cc2ccc(NC(=O)OC)cc2)cc1. The summed E-state index contributed by atoms with van der Waals surface area (Å²) in [5.41, 5.74) is 3.55. The van der Waals surface area contributed by atoms with Gasteiger partial charge < -0.3 is 23.7 Å². The third-order valence-electron chi connectivity index (χ3n) is 7.49. The molecule has 1 atom stereocenters. The molecule has 2 aromatic carbocycles. The van der Waals surface area contributed by atoms with Crippen molar-refractivity contribution < 1.29 is 33.3 Å². The Morgan fingerprint density at radius 2 is 1.38 bits per heavy atom. The Morgan fingerprint density at radius 1 is 0.810 bits per heavy atom. The highest BCUT2D eigenvalue weighted by Gasteiger charge is 2.37. The fourth-order valence-corrected chi connectivity index (χ4v) is 4.62. The van der Waals surface area contributed by atoms with E-state index in [2.05, 4.69) is 29.2 Å². The number of carbonyl (C=O) groups excluding carboxylic acids is 2. The summed E-state index contributed by atoms with van der Waals surface area (Å²) in [6.45, 7) is 7.57. The lowest BCUT2D eigenvalue weighted by atomic mass is 9.84. The van der Waals surface area contributed by atoms with Gasteiger partial charge in [-0.15, -0.1) is 0 Å². The molecule has 42 heavy (non-hydrogen) atoms. The number of ether oxygens (including phenoxy) is 5. The Labute approximate surface area is 250 Å². The van der Waals surface area contributed by atoms with Crippen LogP contribution >= 0.6 is 0 Å². The van der Waals surface area contributed by atoms with Gasteiger partial charge in [0.2, 0.25) is 0 Å². The highest BCUT2D eigenvalue weighted by Crippen LogP contribution is 2.31. The van der Waals surface area contributed by atoms with E-state index in [-0.39, 0.29) is 12.0 Å². The summed E-state index contributed by atoms with van der Waals surface area (Å²) < 4.78 is 27.6. The molecule has 1 unspecified atom stereocenters. The summed E-state index contributed by atoms with van der Waals surface area (Å²) in [6, 6.07) is 15.2. The van der Waals surface area contributed by atoms with Crippen molar-refractivity contribution in [2.24, 2.45) is 5.41 Å². The Hall–Kier alpha value is -3.14. The summed E-state index contributed by atoms with van der Waals surface area (Å²) in [4.78, 5) is 24.1. The number of amides is 2. The molecule has 1 fully saturated rings. The molecule has 9 heteroatoms. The van der Waals surface area contributed by atoms with Gasteiger partial charge in [-0.25, -0.2) is 9.59 Å². The molecule has 2 amide bonds. The third-order valence-corrected chi connectivity index (χ3v) is 7.49. The first kappa shape index (κ1) is 33.4. The molecule has 0 aromatic heterocycles. The average molecular weight is 585 g/mol. The summed E-state index contributed by atoms with van der Waals surface area (Å²) in [5, 5.41) is 5.46. The van der Waals surface area contributed by atoms with E-state index in [0.717, 1.165) is 30.4 Å². The van der Waals surface area contributed by atoms with Gasteiger partial charge in [0.05, 0.1) is 40.1 Å². The monoisotopic (exact) mass is 584 g/mol. The van der Waals surface area contributed by atoms with Crippen LogP contribution in [0, 0.1) is 5.41 Å². The van der Waals surface area contributed by atoms with Gasteiger partial charge >= 0.3 is 12.2 Å². The Morgan fingerprint density at radius 3 is 1.93 bits per heavy atom. The molecule has 2 N–H and O–H groups in total. The molecule has 1 aliphatic heterocycles. The molecule has 0 radical (unpaired) electrons. The standard InChI is InChI=1S/C33H48N2O7/c1-4-6-7-8-9-10-19-39-21-30(22-40-23-33(5-2)24-41-25-33)42-32(37)35-29-17-13-27(14-18-29)20-26-11-15-28(16-12-26)34-31(36)38-3/h11-18,30H,4-10,19-25H2,1-3H3,(H,34,36)(H,35,37). The molecule has 1 saturated heterocycles. The quantitative estimate of drug-likeness (QED) is 0.168. The number of anilines is 2. The van der Waals surface area contributed by atoms with E-state index in [1.807, 2.05) is 48.5 Å².